The van der Waals surface area contributed by atoms with E-state index in [0.29, 0.717) is 22.4 Å². The Bertz CT molecular complexity index is 1460. The van der Waals surface area contributed by atoms with Crippen LogP contribution in [0.1, 0.15) is 54.7 Å². The molecule has 3 heterocycles. The number of pyridine rings is 1. The molecule has 2 aromatic heterocycles. The van der Waals surface area contributed by atoms with Gasteiger partial charge in [0, 0.05) is 34.9 Å². The van der Waals surface area contributed by atoms with Crippen LogP contribution in [0.4, 0.5) is 4.39 Å². The van der Waals surface area contributed by atoms with Gasteiger partial charge in [-0.25, -0.2) is 14.4 Å². The molecule has 0 aliphatic carbocycles. The molecule has 0 radical (unpaired) electrons. The number of likely N-dealkylation sites (tertiary alicyclic amines) is 1. The molecule has 1 fully saturated rings. The van der Waals surface area contributed by atoms with E-state index in [1.165, 1.54) is 17.1 Å². The lowest BCUT2D eigenvalue weighted by Gasteiger charge is -2.31. The molecule has 6 nitrogen and oxygen atoms in total. The lowest BCUT2D eigenvalue weighted by molar-refractivity contribution is 0.101. The molecule has 0 bridgehead atoms. The van der Waals surface area contributed by atoms with E-state index in [1.54, 1.807) is 23.9 Å². The third kappa shape index (κ3) is 7.60. The van der Waals surface area contributed by atoms with E-state index < -0.39 is 0 Å². The summed E-state index contributed by atoms with van der Waals surface area (Å²) in [4.78, 5) is 12.3. The van der Waals surface area contributed by atoms with Crippen molar-refractivity contribution < 1.29 is 13.9 Å². The van der Waals surface area contributed by atoms with Crippen LogP contribution < -0.4 is 4.74 Å². The largest absolute Gasteiger partial charge is 0.473 e. The van der Waals surface area contributed by atoms with Crippen molar-refractivity contribution in [3.05, 3.63) is 88.1 Å². The Morgan fingerprint density at radius 2 is 1.93 bits per heavy atom. The minimum absolute atomic E-state index is 0.0925. The highest BCUT2D eigenvalue weighted by molar-refractivity contribution is 7.99. The van der Waals surface area contributed by atoms with Gasteiger partial charge in [-0.2, -0.15) is 0 Å². The summed E-state index contributed by atoms with van der Waals surface area (Å²) in [6, 6.07) is 17.0. The molecule has 1 aliphatic heterocycles. The number of ether oxygens (including phenoxy) is 2. The van der Waals surface area contributed by atoms with Crippen molar-refractivity contribution in [2.24, 2.45) is 0 Å². The van der Waals surface area contributed by atoms with Crippen LogP contribution in [-0.4, -0.2) is 50.8 Å². The number of fused-ring (bicyclic) bond motifs is 1. The van der Waals surface area contributed by atoms with E-state index in [1.807, 2.05) is 12.1 Å². The molecule has 218 valence electrons. The lowest BCUT2D eigenvalue weighted by atomic mass is 9.93. The van der Waals surface area contributed by atoms with Crippen molar-refractivity contribution in [3.8, 4) is 5.88 Å². The third-order valence-electron chi connectivity index (χ3n) is 7.59. The van der Waals surface area contributed by atoms with E-state index in [2.05, 4.69) is 53.8 Å². The van der Waals surface area contributed by atoms with E-state index in [-0.39, 0.29) is 17.9 Å². The lowest BCUT2D eigenvalue weighted by Crippen LogP contribution is -2.34. The quantitative estimate of drug-likeness (QED) is 0.157. The summed E-state index contributed by atoms with van der Waals surface area (Å²) in [5.74, 6) is 1.58. The summed E-state index contributed by atoms with van der Waals surface area (Å²) >= 11 is 7.61. The minimum atomic E-state index is -0.373. The number of nitrogens with zero attached hydrogens (tertiary/aromatic N) is 4. The third-order valence-corrected chi connectivity index (χ3v) is 8.64. The Balaban J connectivity index is 1.23. The summed E-state index contributed by atoms with van der Waals surface area (Å²) in [5.41, 5.74) is 5.00. The van der Waals surface area contributed by atoms with Crippen LogP contribution in [0.15, 0.2) is 54.6 Å². The number of thioether (sulfide) groups is 1. The first-order valence-corrected chi connectivity index (χ1v) is 16.0. The van der Waals surface area contributed by atoms with E-state index in [9.17, 15) is 4.39 Å². The van der Waals surface area contributed by atoms with E-state index in [4.69, 9.17) is 31.0 Å². The van der Waals surface area contributed by atoms with Crippen LogP contribution in [0.2, 0.25) is 5.02 Å². The smallest absolute Gasteiger partial charge is 0.213 e. The number of hydrogen-bond acceptors (Lipinski definition) is 6. The topological polar surface area (TPSA) is 52.4 Å². The first-order chi connectivity index (χ1) is 19.9. The maximum Gasteiger partial charge on any atom is 0.213 e. The number of halogens is 2. The van der Waals surface area contributed by atoms with E-state index >= 15 is 0 Å². The van der Waals surface area contributed by atoms with Gasteiger partial charge in [0.05, 0.1) is 24.1 Å². The van der Waals surface area contributed by atoms with Crippen molar-refractivity contribution >= 4 is 34.4 Å². The molecule has 1 unspecified atom stereocenters. The predicted molar refractivity (Wildman–Crippen MR) is 165 cm³/mol. The molecule has 9 heteroatoms. The van der Waals surface area contributed by atoms with E-state index in [0.717, 1.165) is 69.1 Å². The fourth-order valence-electron chi connectivity index (χ4n) is 5.32. The molecule has 41 heavy (non-hydrogen) atoms. The van der Waals surface area contributed by atoms with Crippen LogP contribution in [0, 0.1) is 12.7 Å². The summed E-state index contributed by atoms with van der Waals surface area (Å²) in [7, 11) is 0. The van der Waals surface area contributed by atoms with Crippen molar-refractivity contribution in [3.63, 3.8) is 0 Å². The molecule has 2 aromatic carbocycles. The van der Waals surface area contributed by atoms with Gasteiger partial charge in [0.1, 0.15) is 23.7 Å². The van der Waals surface area contributed by atoms with Crippen molar-refractivity contribution in [1.29, 1.82) is 0 Å². The summed E-state index contributed by atoms with van der Waals surface area (Å²) in [6.07, 6.45) is 5.13. The molecule has 5 rings (SSSR count). The zero-order valence-electron chi connectivity index (χ0n) is 24.0. The number of benzene rings is 2. The molecule has 0 N–H and O–H groups in total. The molecule has 0 saturated carbocycles. The summed E-state index contributed by atoms with van der Waals surface area (Å²) in [5, 5.41) is 0.371. The van der Waals surface area contributed by atoms with Gasteiger partial charge >= 0.3 is 0 Å². The van der Waals surface area contributed by atoms with Crippen LogP contribution >= 0.6 is 23.4 Å². The van der Waals surface area contributed by atoms with Gasteiger partial charge in [-0.15, -0.1) is 11.8 Å². The fourth-order valence-corrected chi connectivity index (χ4v) is 6.01. The second kappa shape index (κ2) is 14.0. The van der Waals surface area contributed by atoms with Crippen molar-refractivity contribution in [2.75, 3.05) is 26.0 Å². The first-order valence-electron chi connectivity index (χ1n) is 14.3. The molecule has 1 aliphatic rings. The Morgan fingerprint density at radius 3 is 2.68 bits per heavy atom. The molecule has 0 amide bonds. The second-order valence-corrected chi connectivity index (χ2v) is 12.1. The summed E-state index contributed by atoms with van der Waals surface area (Å²) < 4.78 is 28.4. The monoisotopic (exact) mass is 596 g/mol. The molecule has 1 saturated heterocycles. The Kier molecular flexibility index (Phi) is 10.2. The maximum absolute atomic E-state index is 14.1. The molecular formula is C32H38ClFN4O2S. The number of hydrogen-bond donors (Lipinski definition) is 0. The average Bonchev–Trinajstić information content (AvgIpc) is 3.30. The average molecular weight is 597 g/mol. The Labute approximate surface area is 251 Å². The van der Waals surface area contributed by atoms with Gasteiger partial charge in [0.2, 0.25) is 5.88 Å². The number of piperidine rings is 1. The highest BCUT2D eigenvalue weighted by atomic mass is 35.5. The normalized spacial score (nSPS) is 15.4. The zero-order valence-corrected chi connectivity index (χ0v) is 25.6. The highest BCUT2D eigenvalue weighted by Crippen LogP contribution is 2.30. The maximum atomic E-state index is 14.1. The van der Waals surface area contributed by atoms with Crippen LogP contribution in [0.5, 0.6) is 5.88 Å². The molecule has 0 spiro atoms. The predicted octanol–water partition coefficient (Wildman–Crippen LogP) is 7.61. The van der Waals surface area contributed by atoms with Gasteiger partial charge < -0.3 is 14.0 Å². The Morgan fingerprint density at radius 1 is 1.10 bits per heavy atom. The number of rotatable bonds is 12. The SMILES string of the molecule is CCCOC(Cn1c(CN2CCC(c3cccc(OCc4ccc(Cl)cc4F)n3)CC2)nc2cc(C)ccc21)SC. The molecule has 1 atom stereocenters. The van der Waals surface area contributed by atoms with Gasteiger partial charge in [-0.1, -0.05) is 36.7 Å². The molecular weight excluding hydrogens is 559 g/mol. The second-order valence-electron chi connectivity index (χ2n) is 10.6. The highest BCUT2D eigenvalue weighted by Gasteiger charge is 2.24. The summed E-state index contributed by atoms with van der Waals surface area (Å²) in [6.45, 7) is 8.65. The van der Waals surface area contributed by atoms with Crippen LogP contribution in [-0.2, 0) is 24.4 Å². The van der Waals surface area contributed by atoms with Gasteiger partial charge in [0.25, 0.3) is 0 Å². The number of aromatic nitrogens is 3. The first kappa shape index (κ1) is 29.8. The van der Waals surface area contributed by atoms with Crippen molar-refractivity contribution in [2.45, 2.75) is 64.2 Å². The number of aryl methyl sites for hydroxylation is 1. The van der Waals surface area contributed by atoms with Gasteiger partial charge in [0.15, 0.2) is 0 Å². The van der Waals surface area contributed by atoms with Gasteiger partial charge in [-0.3, -0.25) is 4.90 Å². The molecule has 4 aromatic rings. The minimum Gasteiger partial charge on any atom is -0.473 e. The van der Waals surface area contributed by atoms with Crippen LogP contribution in [0.3, 0.4) is 0 Å². The number of imidazole rings is 1. The van der Waals surface area contributed by atoms with Crippen LogP contribution in [0.25, 0.3) is 11.0 Å². The zero-order chi connectivity index (χ0) is 28.8. The standard InChI is InChI=1S/C32H38ClFN4O2S/c1-4-16-39-32(41-3)20-38-29-11-8-22(2)17-28(29)35-30(38)19-37-14-12-23(13-15-37)27-6-5-7-31(36-27)40-21-24-9-10-25(33)18-26(24)34/h5-11,17-18,23,32H,4,12-16,19-21H2,1-3H3. The van der Waals surface area contributed by atoms with Crippen molar-refractivity contribution in [1.82, 2.24) is 19.4 Å². The van der Waals surface area contributed by atoms with Gasteiger partial charge in [-0.05, 0) is 81.4 Å². The fraction of sp³-hybridized carbons (Fsp3) is 0.438. The Hall–Kier alpha value is -2.65.